The van der Waals surface area contributed by atoms with Crippen molar-refractivity contribution in [3.05, 3.63) is 110 Å². The molecule has 0 fully saturated rings. The molecule has 5 rings (SSSR count). The first-order chi connectivity index (χ1) is 15.6. The summed E-state index contributed by atoms with van der Waals surface area (Å²) < 4.78 is 59.3. The first-order valence-electron chi connectivity index (χ1n) is 9.67. The molecule has 1 amide bonds. The van der Waals surface area contributed by atoms with E-state index >= 15 is 0 Å². The Morgan fingerprint density at radius 2 is 1.67 bits per heavy atom. The maximum atomic E-state index is 13.6. The van der Waals surface area contributed by atoms with E-state index in [2.05, 4.69) is 0 Å². The summed E-state index contributed by atoms with van der Waals surface area (Å²) in [6.07, 6.45) is -4.64. The first-order valence-corrected chi connectivity index (χ1v) is 10.1. The molecule has 1 unspecified atom stereocenters. The summed E-state index contributed by atoms with van der Waals surface area (Å²) in [5.41, 5.74) is -1.21. The number of carbonyl (C=O) groups excluding carboxylic acids is 1. The number of halogens is 5. The smallest absolute Gasteiger partial charge is 0.416 e. The zero-order chi connectivity index (χ0) is 23.5. The highest BCUT2D eigenvalue weighted by Gasteiger charge is 2.44. The molecule has 4 nitrogen and oxygen atoms in total. The quantitative estimate of drug-likeness (QED) is 0.319. The molecule has 0 saturated carbocycles. The van der Waals surface area contributed by atoms with Crippen molar-refractivity contribution in [3.63, 3.8) is 0 Å². The van der Waals surface area contributed by atoms with E-state index < -0.39 is 34.9 Å². The van der Waals surface area contributed by atoms with Gasteiger partial charge in [0, 0.05) is 10.7 Å². The number of amides is 1. The lowest BCUT2D eigenvalue weighted by molar-refractivity contribution is -0.137. The number of alkyl halides is 3. The van der Waals surface area contributed by atoms with Gasteiger partial charge in [-0.2, -0.15) is 13.2 Å². The molecule has 33 heavy (non-hydrogen) atoms. The Labute approximate surface area is 188 Å². The fraction of sp³-hybridized carbons (Fsp3) is 0.0833. The maximum Gasteiger partial charge on any atom is 0.416 e. The lowest BCUT2D eigenvalue weighted by Crippen LogP contribution is -2.29. The molecule has 0 spiro atoms. The highest BCUT2D eigenvalue weighted by Crippen LogP contribution is 2.42. The van der Waals surface area contributed by atoms with Crippen LogP contribution in [0.5, 0.6) is 0 Å². The third-order valence-electron chi connectivity index (χ3n) is 5.47. The molecule has 0 radical (unpaired) electrons. The molecule has 3 aromatic carbocycles. The van der Waals surface area contributed by atoms with Crippen molar-refractivity contribution in [2.75, 3.05) is 4.90 Å². The lowest BCUT2D eigenvalue weighted by atomic mass is 9.98. The lowest BCUT2D eigenvalue weighted by Gasteiger charge is -2.26. The SMILES string of the molecule is O=C1c2oc3ccc(Cl)cc3c(=O)c2C(c2ccc(F)cc2)N1c1cccc(C(F)(F)F)c1. The van der Waals surface area contributed by atoms with Crippen molar-refractivity contribution >= 4 is 34.2 Å². The third kappa shape index (κ3) is 3.47. The monoisotopic (exact) mass is 473 g/mol. The Hall–Kier alpha value is -3.65. The van der Waals surface area contributed by atoms with Gasteiger partial charge < -0.3 is 4.42 Å². The predicted octanol–water partition coefficient (Wildman–Crippen LogP) is 6.35. The summed E-state index contributed by atoms with van der Waals surface area (Å²) in [5, 5.41) is 0.388. The van der Waals surface area contributed by atoms with Crippen LogP contribution in [-0.2, 0) is 6.18 Å². The van der Waals surface area contributed by atoms with Gasteiger partial charge in [-0.05, 0) is 54.1 Å². The molecular weight excluding hydrogens is 462 g/mol. The Kier molecular flexibility index (Phi) is 4.79. The molecule has 0 saturated heterocycles. The van der Waals surface area contributed by atoms with E-state index in [1.54, 1.807) is 0 Å². The summed E-state index contributed by atoms with van der Waals surface area (Å²) in [7, 11) is 0. The van der Waals surface area contributed by atoms with Crippen molar-refractivity contribution in [2.45, 2.75) is 12.2 Å². The first kappa shape index (κ1) is 21.2. The highest BCUT2D eigenvalue weighted by atomic mass is 35.5. The number of benzene rings is 3. The van der Waals surface area contributed by atoms with Crippen LogP contribution in [0.1, 0.15) is 33.3 Å². The topological polar surface area (TPSA) is 50.5 Å². The third-order valence-corrected chi connectivity index (χ3v) is 5.70. The molecule has 1 aromatic heterocycles. The summed E-state index contributed by atoms with van der Waals surface area (Å²) in [6, 6.07) is 12.4. The Balaban J connectivity index is 1.79. The van der Waals surface area contributed by atoms with E-state index in [0.29, 0.717) is 5.56 Å². The van der Waals surface area contributed by atoms with Crippen LogP contribution in [0.2, 0.25) is 5.02 Å². The van der Waals surface area contributed by atoms with Crippen molar-refractivity contribution in [1.82, 2.24) is 0 Å². The van der Waals surface area contributed by atoms with Crippen LogP contribution < -0.4 is 10.3 Å². The van der Waals surface area contributed by atoms with Crippen LogP contribution in [0.25, 0.3) is 11.0 Å². The second-order valence-corrected chi connectivity index (χ2v) is 7.93. The highest BCUT2D eigenvalue weighted by molar-refractivity contribution is 6.31. The summed E-state index contributed by atoms with van der Waals surface area (Å²) in [5.74, 6) is -1.62. The fourth-order valence-electron chi connectivity index (χ4n) is 4.00. The van der Waals surface area contributed by atoms with E-state index in [1.807, 2.05) is 0 Å². The second-order valence-electron chi connectivity index (χ2n) is 7.49. The molecule has 0 aliphatic carbocycles. The van der Waals surface area contributed by atoms with Crippen molar-refractivity contribution in [3.8, 4) is 0 Å². The number of carbonyl (C=O) groups is 1. The molecule has 166 valence electrons. The summed E-state index contributed by atoms with van der Waals surface area (Å²) in [4.78, 5) is 27.9. The molecule has 1 aliphatic rings. The van der Waals surface area contributed by atoms with Gasteiger partial charge in [0.05, 0.1) is 22.6 Å². The molecular formula is C24H12ClF4NO3. The van der Waals surface area contributed by atoms with Crippen molar-refractivity contribution in [1.29, 1.82) is 0 Å². The van der Waals surface area contributed by atoms with Crippen molar-refractivity contribution in [2.24, 2.45) is 0 Å². The Bertz CT molecular complexity index is 1480. The molecule has 9 heteroatoms. The average Bonchev–Trinajstić information content (AvgIpc) is 3.07. The molecule has 0 bridgehead atoms. The van der Waals surface area contributed by atoms with E-state index in [-0.39, 0.29) is 33.0 Å². The molecule has 1 aliphatic heterocycles. The van der Waals surface area contributed by atoms with Crippen molar-refractivity contribution < 1.29 is 26.8 Å². The van der Waals surface area contributed by atoms with E-state index in [9.17, 15) is 27.2 Å². The van der Waals surface area contributed by atoms with Gasteiger partial charge in [-0.1, -0.05) is 29.8 Å². The molecule has 1 atom stereocenters. The van der Waals surface area contributed by atoms with E-state index in [1.165, 1.54) is 42.5 Å². The van der Waals surface area contributed by atoms with Crippen LogP contribution in [-0.4, -0.2) is 5.91 Å². The molecule has 4 aromatic rings. The molecule has 2 heterocycles. The largest absolute Gasteiger partial charge is 0.450 e. The second kappa shape index (κ2) is 7.45. The molecule has 0 N–H and O–H groups in total. The minimum atomic E-state index is -4.64. The van der Waals surface area contributed by atoms with Gasteiger partial charge in [0.1, 0.15) is 11.4 Å². The van der Waals surface area contributed by atoms with Gasteiger partial charge in [0.15, 0.2) is 5.43 Å². The predicted molar refractivity (Wildman–Crippen MR) is 114 cm³/mol. The van der Waals surface area contributed by atoms with Crippen LogP contribution in [0, 0.1) is 5.82 Å². The maximum absolute atomic E-state index is 13.6. The average molecular weight is 474 g/mol. The van der Waals surface area contributed by atoms with Gasteiger partial charge in [-0.15, -0.1) is 0 Å². The fourth-order valence-corrected chi connectivity index (χ4v) is 4.18. The van der Waals surface area contributed by atoms with Gasteiger partial charge >= 0.3 is 6.18 Å². The normalized spacial score (nSPS) is 15.8. The Morgan fingerprint density at radius 3 is 2.36 bits per heavy atom. The zero-order valence-electron chi connectivity index (χ0n) is 16.5. The van der Waals surface area contributed by atoms with Gasteiger partial charge in [0.2, 0.25) is 5.76 Å². The van der Waals surface area contributed by atoms with Gasteiger partial charge in [0.25, 0.3) is 5.91 Å². The van der Waals surface area contributed by atoms with E-state index in [0.717, 1.165) is 29.2 Å². The number of anilines is 1. The zero-order valence-corrected chi connectivity index (χ0v) is 17.2. The van der Waals surface area contributed by atoms with Gasteiger partial charge in [-0.3, -0.25) is 14.5 Å². The summed E-state index contributed by atoms with van der Waals surface area (Å²) >= 11 is 6.02. The summed E-state index contributed by atoms with van der Waals surface area (Å²) in [6.45, 7) is 0. The van der Waals surface area contributed by atoms with Crippen LogP contribution >= 0.6 is 11.6 Å². The number of rotatable bonds is 2. The number of fused-ring (bicyclic) bond motifs is 2. The Morgan fingerprint density at radius 1 is 0.939 bits per heavy atom. The van der Waals surface area contributed by atoms with Crippen LogP contribution in [0.3, 0.4) is 0 Å². The van der Waals surface area contributed by atoms with Crippen LogP contribution in [0.4, 0.5) is 23.2 Å². The number of hydrogen-bond acceptors (Lipinski definition) is 3. The number of hydrogen-bond donors (Lipinski definition) is 0. The minimum Gasteiger partial charge on any atom is -0.450 e. The standard InChI is InChI=1S/C24H12ClF4NO3/c25-14-6-9-18-17(11-14)21(31)19-20(12-4-7-15(26)8-5-12)30(23(32)22(19)33-18)16-3-1-2-13(10-16)24(27,28)29/h1-11,20H. The van der Waals surface area contributed by atoms with Gasteiger partial charge in [-0.25, -0.2) is 4.39 Å². The van der Waals surface area contributed by atoms with Crippen LogP contribution in [0.15, 0.2) is 75.9 Å². The minimum absolute atomic E-state index is 0.0567. The number of nitrogens with zero attached hydrogens (tertiary/aromatic N) is 1. The van der Waals surface area contributed by atoms with E-state index in [4.69, 9.17) is 16.0 Å².